The average molecular weight is 418 g/mol. The largest absolute Gasteiger partial charge is 0.437 e. The molecule has 0 saturated carbocycles. The third-order valence-electron chi connectivity index (χ3n) is 4.49. The molecular weight excluding hydrogens is 396 g/mol. The minimum Gasteiger partial charge on any atom is -0.437 e. The van der Waals surface area contributed by atoms with Gasteiger partial charge < -0.3 is 15.2 Å². The second kappa shape index (κ2) is 8.68. The fourth-order valence-electron chi connectivity index (χ4n) is 3.14. The highest BCUT2D eigenvalue weighted by Gasteiger charge is 2.40. The number of aliphatic hydroxyl groups excluding tert-OH is 1. The van der Waals surface area contributed by atoms with Crippen LogP contribution in [0.2, 0.25) is 0 Å². The topological polar surface area (TPSA) is 122 Å². The molecule has 29 heavy (non-hydrogen) atoms. The number of amides is 1. The molecule has 1 amide bonds. The minimum atomic E-state index is -3.86. The van der Waals surface area contributed by atoms with E-state index >= 15 is 0 Å². The molecule has 2 N–H and O–H groups in total. The van der Waals surface area contributed by atoms with Gasteiger partial charge in [0.25, 0.3) is 0 Å². The lowest BCUT2D eigenvalue weighted by Gasteiger charge is -2.22. The Kier molecular flexibility index (Phi) is 6.26. The summed E-state index contributed by atoms with van der Waals surface area (Å²) in [5, 5.41) is 12.3. The number of hydrogen-bond donors (Lipinski definition) is 2. The molecule has 3 rings (SSSR count). The van der Waals surface area contributed by atoms with Crippen molar-refractivity contribution in [2.45, 2.75) is 30.3 Å². The number of aryl methyl sites for hydroxylation is 1. The first-order valence-corrected chi connectivity index (χ1v) is 10.4. The highest BCUT2D eigenvalue weighted by Crippen LogP contribution is 2.28. The molecule has 1 aliphatic rings. The summed E-state index contributed by atoms with van der Waals surface area (Å²) in [4.78, 5) is 19.8. The second-order valence-electron chi connectivity index (χ2n) is 6.63. The number of sulfonamides is 1. The number of ether oxygens (including phenoxy) is 1. The van der Waals surface area contributed by atoms with Gasteiger partial charge in [-0.05, 0) is 43.7 Å². The molecule has 9 nitrogen and oxygen atoms in total. The summed E-state index contributed by atoms with van der Waals surface area (Å²) in [6.07, 6.45) is 4.51. The molecule has 1 fully saturated rings. The van der Waals surface area contributed by atoms with Gasteiger partial charge in [-0.25, -0.2) is 13.4 Å². The summed E-state index contributed by atoms with van der Waals surface area (Å²) >= 11 is 0. The van der Waals surface area contributed by atoms with Gasteiger partial charge >= 0.3 is 0 Å². The van der Waals surface area contributed by atoms with Crippen molar-refractivity contribution in [3.8, 4) is 11.6 Å². The Labute approximate surface area is 169 Å². The third kappa shape index (κ3) is 4.78. The first-order chi connectivity index (χ1) is 13.8. The van der Waals surface area contributed by atoms with Gasteiger partial charge in [-0.15, -0.1) is 0 Å². The number of nitrogens with zero attached hydrogens (tertiary/aromatic N) is 3. The second-order valence-corrected chi connectivity index (χ2v) is 8.52. The van der Waals surface area contributed by atoms with E-state index in [9.17, 15) is 18.3 Å². The fourth-order valence-corrected chi connectivity index (χ4v) is 4.81. The smallest absolute Gasteiger partial charge is 0.243 e. The normalized spacial score (nSPS) is 19.7. The number of aromatic nitrogens is 2. The van der Waals surface area contributed by atoms with Crippen LogP contribution in [-0.4, -0.2) is 58.9 Å². The van der Waals surface area contributed by atoms with E-state index in [-0.39, 0.29) is 24.0 Å². The van der Waals surface area contributed by atoms with Crippen LogP contribution in [-0.2, 0) is 14.8 Å². The van der Waals surface area contributed by atoms with E-state index in [4.69, 9.17) is 4.74 Å². The van der Waals surface area contributed by atoms with Crippen molar-refractivity contribution in [2.75, 3.05) is 13.2 Å². The van der Waals surface area contributed by atoms with Crippen LogP contribution in [0.25, 0.3) is 0 Å². The van der Waals surface area contributed by atoms with Gasteiger partial charge in [0.05, 0.1) is 29.4 Å². The molecule has 1 aromatic carbocycles. The Bertz CT molecular complexity index is 994. The Morgan fingerprint density at radius 1 is 1.38 bits per heavy atom. The lowest BCUT2D eigenvalue weighted by atomic mass is 10.2. The first kappa shape index (κ1) is 20.9. The van der Waals surface area contributed by atoms with Crippen LogP contribution in [0.15, 0.2) is 54.2 Å². The highest BCUT2D eigenvalue weighted by molar-refractivity contribution is 7.89. The highest BCUT2D eigenvalue weighted by atomic mass is 32.2. The molecule has 1 aromatic heterocycles. The molecule has 2 atom stereocenters. The molecular formula is C19H22N4O5S. The number of carbonyl (C=O) groups excluding carboxylic acids is 1. The molecule has 0 bridgehead atoms. The van der Waals surface area contributed by atoms with E-state index in [1.807, 2.05) is 0 Å². The van der Waals surface area contributed by atoms with Crippen LogP contribution < -0.4 is 10.1 Å². The first-order valence-electron chi connectivity index (χ1n) is 8.95. The Balaban J connectivity index is 1.76. The SMILES string of the molecule is C=CC(=O)NC1CC(CO)N(S(=O)(=O)c2ccc(Oc3cncc(C)n3)cc2)C1. The van der Waals surface area contributed by atoms with Gasteiger partial charge in [-0.1, -0.05) is 6.58 Å². The van der Waals surface area contributed by atoms with Crippen molar-refractivity contribution in [3.63, 3.8) is 0 Å². The summed E-state index contributed by atoms with van der Waals surface area (Å²) in [6, 6.07) is 4.90. The molecule has 1 aliphatic heterocycles. The molecule has 2 aromatic rings. The Morgan fingerprint density at radius 3 is 2.72 bits per heavy atom. The van der Waals surface area contributed by atoms with E-state index in [1.54, 1.807) is 13.1 Å². The molecule has 2 unspecified atom stereocenters. The van der Waals surface area contributed by atoms with Gasteiger partial charge in [-0.3, -0.25) is 9.78 Å². The van der Waals surface area contributed by atoms with Crippen molar-refractivity contribution in [1.82, 2.24) is 19.6 Å². The van der Waals surface area contributed by atoms with Gasteiger partial charge in [0.2, 0.25) is 21.8 Å². The lowest BCUT2D eigenvalue weighted by molar-refractivity contribution is -0.117. The summed E-state index contributed by atoms with van der Waals surface area (Å²) in [7, 11) is -3.86. The van der Waals surface area contributed by atoms with E-state index in [1.165, 1.54) is 34.8 Å². The number of rotatable bonds is 7. The summed E-state index contributed by atoms with van der Waals surface area (Å²) in [6.45, 7) is 4.91. The zero-order valence-corrected chi connectivity index (χ0v) is 16.7. The molecule has 0 spiro atoms. The summed E-state index contributed by atoms with van der Waals surface area (Å²) in [5.41, 5.74) is 0.698. The summed E-state index contributed by atoms with van der Waals surface area (Å²) in [5.74, 6) is 0.341. The van der Waals surface area contributed by atoms with Crippen LogP contribution in [0.1, 0.15) is 12.1 Å². The average Bonchev–Trinajstić information content (AvgIpc) is 3.12. The van der Waals surface area contributed by atoms with Crippen molar-refractivity contribution in [2.24, 2.45) is 0 Å². The van der Waals surface area contributed by atoms with Crippen LogP contribution in [0.3, 0.4) is 0 Å². The number of benzene rings is 1. The standard InChI is InChI=1S/C19H22N4O5S/c1-3-18(25)22-14-8-15(12-24)23(11-14)29(26,27)17-6-4-16(5-7-17)28-19-10-20-9-13(2)21-19/h3-7,9-10,14-15,24H,1,8,11-12H2,2H3,(H,22,25). The molecule has 2 heterocycles. The molecule has 10 heteroatoms. The van der Waals surface area contributed by atoms with E-state index < -0.39 is 22.1 Å². The number of nitrogens with one attached hydrogen (secondary N) is 1. The lowest BCUT2D eigenvalue weighted by Crippen LogP contribution is -2.39. The quantitative estimate of drug-likeness (QED) is 0.644. The van der Waals surface area contributed by atoms with Crippen LogP contribution in [0, 0.1) is 6.92 Å². The van der Waals surface area contributed by atoms with Crippen molar-refractivity contribution in [1.29, 1.82) is 0 Å². The van der Waals surface area contributed by atoms with Crippen LogP contribution in [0.4, 0.5) is 0 Å². The molecule has 0 radical (unpaired) electrons. The van der Waals surface area contributed by atoms with Crippen molar-refractivity contribution < 1.29 is 23.1 Å². The van der Waals surface area contributed by atoms with Crippen molar-refractivity contribution >= 4 is 15.9 Å². The predicted octanol–water partition coefficient (Wildman–Crippen LogP) is 1.00. The van der Waals surface area contributed by atoms with E-state index in [0.29, 0.717) is 23.7 Å². The third-order valence-corrected chi connectivity index (χ3v) is 6.42. The zero-order valence-electron chi connectivity index (χ0n) is 15.9. The Morgan fingerprint density at radius 2 is 2.10 bits per heavy atom. The maximum atomic E-state index is 13.0. The van der Waals surface area contributed by atoms with Crippen molar-refractivity contribution in [3.05, 3.63) is 55.0 Å². The summed E-state index contributed by atoms with van der Waals surface area (Å²) < 4.78 is 32.9. The maximum absolute atomic E-state index is 13.0. The maximum Gasteiger partial charge on any atom is 0.243 e. The van der Waals surface area contributed by atoms with Gasteiger partial charge in [0.1, 0.15) is 5.75 Å². The number of hydrogen-bond acceptors (Lipinski definition) is 7. The molecule has 1 saturated heterocycles. The Hall–Kier alpha value is -2.82. The molecule has 154 valence electrons. The van der Waals surface area contributed by atoms with Crippen LogP contribution >= 0.6 is 0 Å². The van der Waals surface area contributed by atoms with E-state index in [2.05, 4.69) is 21.9 Å². The molecule has 0 aliphatic carbocycles. The monoisotopic (exact) mass is 418 g/mol. The number of aliphatic hydroxyl groups is 1. The number of carbonyl (C=O) groups is 1. The van der Waals surface area contributed by atoms with Gasteiger partial charge in [-0.2, -0.15) is 4.31 Å². The van der Waals surface area contributed by atoms with E-state index in [0.717, 1.165) is 6.08 Å². The van der Waals surface area contributed by atoms with Gasteiger partial charge in [0.15, 0.2) is 0 Å². The minimum absolute atomic E-state index is 0.0642. The van der Waals surface area contributed by atoms with Gasteiger partial charge in [0, 0.05) is 18.8 Å². The van der Waals surface area contributed by atoms with Crippen LogP contribution in [0.5, 0.6) is 11.6 Å². The predicted molar refractivity (Wildman–Crippen MR) is 105 cm³/mol. The zero-order chi connectivity index (χ0) is 21.0. The fraction of sp³-hybridized carbons (Fsp3) is 0.316.